The fourth-order valence-corrected chi connectivity index (χ4v) is 0.980. The Hall–Kier alpha value is -0.650. The molecule has 0 radical (unpaired) electrons. The van der Waals surface area contributed by atoms with E-state index in [1.54, 1.807) is 13.8 Å². The van der Waals surface area contributed by atoms with Crippen LogP contribution in [-0.2, 0) is 4.79 Å². The van der Waals surface area contributed by atoms with Gasteiger partial charge in [-0.05, 0) is 12.8 Å². The van der Waals surface area contributed by atoms with Crippen molar-refractivity contribution in [1.29, 1.82) is 0 Å². The van der Waals surface area contributed by atoms with Gasteiger partial charge in [0.2, 0.25) is 5.91 Å². The second kappa shape index (κ2) is 5.95. The minimum atomic E-state index is -0.941. The Bertz CT molecular complexity index is 173. The predicted octanol–water partition coefficient (Wildman–Crippen LogP) is -1.03. The van der Waals surface area contributed by atoms with Gasteiger partial charge in [-0.2, -0.15) is 0 Å². The Kier molecular flexibility index (Phi) is 5.68. The molecular formula is C9H20N2O3. The standard InChI is InChI=1S/C9H20N2O3/c1-3-7(10)8(14)11-9(4-2,5-12)6-13/h7,12-13H,3-6,10H2,1-2H3,(H,11,14)/t7-/m0/s1. The first-order valence-electron chi connectivity index (χ1n) is 4.84. The van der Waals surface area contributed by atoms with Crippen molar-refractivity contribution in [3.05, 3.63) is 0 Å². The smallest absolute Gasteiger partial charge is 0.237 e. The van der Waals surface area contributed by atoms with Crippen LogP contribution in [0.15, 0.2) is 0 Å². The fourth-order valence-electron chi connectivity index (χ4n) is 0.980. The molecule has 0 aliphatic rings. The van der Waals surface area contributed by atoms with Crippen LogP contribution in [0.5, 0.6) is 0 Å². The van der Waals surface area contributed by atoms with E-state index >= 15 is 0 Å². The zero-order chi connectivity index (χ0) is 11.2. The maximum absolute atomic E-state index is 11.4. The first-order chi connectivity index (χ1) is 6.55. The average Bonchev–Trinajstić information content (AvgIpc) is 2.24. The third-order valence-electron chi connectivity index (χ3n) is 2.45. The van der Waals surface area contributed by atoms with E-state index in [9.17, 15) is 4.79 Å². The Morgan fingerprint density at radius 2 is 1.93 bits per heavy atom. The van der Waals surface area contributed by atoms with Gasteiger partial charge in [0.1, 0.15) is 0 Å². The van der Waals surface area contributed by atoms with Crippen molar-refractivity contribution < 1.29 is 15.0 Å². The molecule has 84 valence electrons. The van der Waals surface area contributed by atoms with E-state index in [1.165, 1.54) is 0 Å². The van der Waals surface area contributed by atoms with Gasteiger partial charge in [0, 0.05) is 0 Å². The SMILES string of the molecule is CC[C@H](N)C(=O)NC(CC)(CO)CO. The van der Waals surface area contributed by atoms with Crippen LogP contribution < -0.4 is 11.1 Å². The zero-order valence-corrected chi connectivity index (χ0v) is 8.79. The number of aliphatic hydroxyl groups excluding tert-OH is 2. The number of rotatable bonds is 6. The summed E-state index contributed by atoms with van der Waals surface area (Å²) >= 11 is 0. The molecule has 0 aromatic carbocycles. The quantitative estimate of drug-likeness (QED) is 0.445. The molecular weight excluding hydrogens is 184 g/mol. The monoisotopic (exact) mass is 204 g/mol. The molecule has 0 spiro atoms. The second-order valence-electron chi connectivity index (χ2n) is 3.45. The van der Waals surface area contributed by atoms with Crippen LogP contribution in [0.2, 0.25) is 0 Å². The van der Waals surface area contributed by atoms with Gasteiger partial charge in [0.25, 0.3) is 0 Å². The number of nitrogens with two attached hydrogens (primary N) is 1. The van der Waals surface area contributed by atoms with E-state index < -0.39 is 11.6 Å². The minimum Gasteiger partial charge on any atom is -0.394 e. The topological polar surface area (TPSA) is 95.6 Å². The van der Waals surface area contributed by atoms with Gasteiger partial charge in [-0.25, -0.2) is 0 Å². The number of nitrogens with one attached hydrogen (secondary N) is 1. The van der Waals surface area contributed by atoms with Gasteiger partial charge in [-0.3, -0.25) is 4.79 Å². The molecule has 5 heteroatoms. The fraction of sp³-hybridized carbons (Fsp3) is 0.889. The van der Waals surface area contributed by atoms with E-state index in [2.05, 4.69) is 5.32 Å². The summed E-state index contributed by atoms with van der Waals surface area (Å²) in [4.78, 5) is 11.4. The van der Waals surface area contributed by atoms with Crippen LogP contribution in [0.3, 0.4) is 0 Å². The Balaban J connectivity index is 4.37. The molecule has 0 fully saturated rings. The molecule has 0 aromatic heterocycles. The summed E-state index contributed by atoms with van der Waals surface area (Å²) in [6.07, 6.45) is 0.991. The Morgan fingerprint density at radius 3 is 2.21 bits per heavy atom. The highest BCUT2D eigenvalue weighted by atomic mass is 16.3. The zero-order valence-electron chi connectivity index (χ0n) is 8.79. The highest BCUT2D eigenvalue weighted by Gasteiger charge is 2.29. The van der Waals surface area contributed by atoms with Crippen molar-refractivity contribution >= 4 is 5.91 Å². The number of aliphatic hydroxyl groups is 2. The van der Waals surface area contributed by atoms with Crippen molar-refractivity contribution in [2.45, 2.75) is 38.3 Å². The van der Waals surface area contributed by atoms with Gasteiger partial charge < -0.3 is 21.3 Å². The molecule has 1 atom stereocenters. The molecule has 5 nitrogen and oxygen atoms in total. The number of amides is 1. The molecule has 5 N–H and O–H groups in total. The molecule has 0 aliphatic heterocycles. The van der Waals surface area contributed by atoms with E-state index in [-0.39, 0.29) is 19.1 Å². The largest absolute Gasteiger partial charge is 0.394 e. The predicted molar refractivity (Wildman–Crippen MR) is 53.6 cm³/mol. The number of carbonyl (C=O) groups is 1. The first kappa shape index (κ1) is 13.4. The number of hydrogen-bond acceptors (Lipinski definition) is 4. The van der Waals surface area contributed by atoms with E-state index in [0.29, 0.717) is 12.8 Å². The van der Waals surface area contributed by atoms with Gasteiger partial charge >= 0.3 is 0 Å². The summed E-state index contributed by atoms with van der Waals surface area (Å²) in [5, 5.41) is 20.7. The third-order valence-corrected chi connectivity index (χ3v) is 2.45. The molecule has 0 saturated carbocycles. The summed E-state index contributed by atoms with van der Waals surface area (Å²) in [7, 11) is 0. The first-order valence-corrected chi connectivity index (χ1v) is 4.84. The maximum Gasteiger partial charge on any atom is 0.237 e. The van der Waals surface area contributed by atoms with Crippen molar-refractivity contribution in [3.8, 4) is 0 Å². The molecule has 1 amide bonds. The van der Waals surface area contributed by atoms with Crippen molar-refractivity contribution in [2.75, 3.05) is 13.2 Å². The minimum absolute atomic E-state index is 0.290. The number of carbonyl (C=O) groups excluding carboxylic acids is 1. The van der Waals surface area contributed by atoms with E-state index in [0.717, 1.165) is 0 Å². The van der Waals surface area contributed by atoms with Crippen LogP contribution in [0.4, 0.5) is 0 Å². The Labute approximate surface area is 84.3 Å². The van der Waals surface area contributed by atoms with Crippen LogP contribution >= 0.6 is 0 Å². The summed E-state index contributed by atoms with van der Waals surface area (Å²) in [5.41, 5.74) is 4.57. The normalized spacial score (nSPS) is 13.8. The van der Waals surface area contributed by atoms with Gasteiger partial charge in [0.05, 0.1) is 24.8 Å². The van der Waals surface area contributed by atoms with Crippen LogP contribution in [-0.4, -0.2) is 40.9 Å². The van der Waals surface area contributed by atoms with Gasteiger partial charge in [0.15, 0.2) is 0 Å². The van der Waals surface area contributed by atoms with E-state index in [1.807, 2.05) is 0 Å². The molecule has 0 saturated heterocycles. The average molecular weight is 204 g/mol. The van der Waals surface area contributed by atoms with Crippen molar-refractivity contribution in [1.82, 2.24) is 5.32 Å². The summed E-state index contributed by atoms with van der Waals surface area (Å²) in [6.45, 7) is 3.00. The van der Waals surface area contributed by atoms with Crippen LogP contribution in [0.1, 0.15) is 26.7 Å². The molecule has 0 heterocycles. The molecule has 0 unspecified atom stereocenters. The summed E-state index contributed by atoms with van der Waals surface area (Å²) in [5.74, 6) is -0.336. The third kappa shape index (κ3) is 3.25. The van der Waals surface area contributed by atoms with Crippen LogP contribution in [0.25, 0.3) is 0 Å². The lowest BCUT2D eigenvalue weighted by Gasteiger charge is -2.30. The van der Waals surface area contributed by atoms with E-state index in [4.69, 9.17) is 15.9 Å². The highest BCUT2D eigenvalue weighted by molar-refractivity contribution is 5.82. The summed E-state index contributed by atoms with van der Waals surface area (Å²) < 4.78 is 0. The van der Waals surface area contributed by atoms with Crippen molar-refractivity contribution in [3.63, 3.8) is 0 Å². The second-order valence-corrected chi connectivity index (χ2v) is 3.45. The van der Waals surface area contributed by atoms with Crippen molar-refractivity contribution in [2.24, 2.45) is 5.73 Å². The lowest BCUT2D eigenvalue weighted by atomic mass is 9.97. The molecule has 0 rings (SSSR count). The lowest BCUT2D eigenvalue weighted by Crippen LogP contribution is -2.57. The Morgan fingerprint density at radius 1 is 1.43 bits per heavy atom. The molecule has 0 aromatic rings. The van der Waals surface area contributed by atoms with Gasteiger partial charge in [-0.15, -0.1) is 0 Å². The summed E-state index contributed by atoms with van der Waals surface area (Å²) in [6, 6.07) is -0.584. The highest BCUT2D eigenvalue weighted by Crippen LogP contribution is 2.08. The van der Waals surface area contributed by atoms with Gasteiger partial charge in [-0.1, -0.05) is 13.8 Å². The molecule has 14 heavy (non-hydrogen) atoms. The van der Waals surface area contributed by atoms with Crippen LogP contribution in [0, 0.1) is 0 Å². The maximum atomic E-state index is 11.4. The molecule has 0 aliphatic carbocycles. The number of hydrogen-bond donors (Lipinski definition) is 4. The lowest BCUT2D eigenvalue weighted by molar-refractivity contribution is -0.125. The molecule has 0 bridgehead atoms.